The molecule has 0 amide bonds. The molecule has 0 aliphatic carbocycles. The number of aryl methyl sites for hydroxylation is 1. The Morgan fingerprint density at radius 1 is 1.03 bits per heavy atom. The zero-order valence-corrected chi connectivity index (χ0v) is 17.4. The monoisotopic (exact) mass is 431 g/mol. The maximum Gasteiger partial charge on any atom is 0.416 e. The Kier molecular flexibility index (Phi) is 5.91. The highest BCUT2D eigenvalue weighted by molar-refractivity contribution is 5.55. The molecule has 0 saturated carbocycles. The van der Waals surface area contributed by atoms with Gasteiger partial charge in [-0.1, -0.05) is 6.07 Å². The molecule has 0 spiro atoms. The van der Waals surface area contributed by atoms with Crippen molar-refractivity contribution in [1.82, 2.24) is 9.88 Å². The van der Waals surface area contributed by atoms with Crippen molar-refractivity contribution < 1.29 is 22.3 Å². The molecule has 0 bridgehead atoms. The number of rotatable bonds is 5. The van der Waals surface area contributed by atoms with Crippen LogP contribution in [-0.4, -0.2) is 43.2 Å². The van der Waals surface area contributed by atoms with E-state index in [1.807, 2.05) is 36.1 Å². The van der Waals surface area contributed by atoms with E-state index >= 15 is 0 Å². The fourth-order valence-corrected chi connectivity index (χ4v) is 3.69. The number of alkyl halides is 3. The van der Waals surface area contributed by atoms with Crippen LogP contribution in [0, 0.1) is 6.92 Å². The minimum Gasteiger partial charge on any atom is -0.497 e. The predicted octanol–water partition coefficient (Wildman–Crippen LogP) is 5.00. The van der Waals surface area contributed by atoms with Gasteiger partial charge in [0, 0.05) is 44.0 Å². The molecule has 0 unspecified atom stereocenters. The second-order valence-corrected chi connectivity index (χ2v) is 7.56. The van der Waals surface area contributed by atoms with Crippen LogP contribution in [-0.2, 0) is 12.7 Å². The van der Waals surface area contributed by atoms with Crippen molar-refractivity contribution in [3.8, 4) is 17.2 Å². The van der Waals surface area contributed by atoms with E-state index in [9.17, 15) is 13.2 Å². The van der Waals surface area contributed by atoms with Crippen molar-refractivity contribution in [3.63, 3.8) is 0 Å². The lowest BCUT2D eigenvalue weighted by Crippen LogP contribution is -2.46. The number of ether oxygens (including phenoxy) is 1. The summed E-state index contributed by atoms with van der Waals surface area (Å²) in [6, 6.07) is 13.1. The highest BCUT2D eigenvalue weighted by atomic mass is 19.4. The van der Waals surface area contributed by atoms with Crippen molar-refractivity contribution in [2.45, 2.75) is 19.6 Å². The summed E-state index contributed by atoms with van der Waals surface area (Å²) in [5, 5.41) is 0. The van der Waals surface area contributed by atoms with Crippen LogP contribution in [0.5, 0.6) is 5.75 Å². The molecule has 0 atom stereocenters. The summed E-state index contributed by atoms with van der Waals surface area (Å²) in [5.74, 6) is 2.11. The molecule has 1 fully saturated rings. The lowest BCUT2D eigenvalue weighted by atomic mass is 10.1. The fourth-order valence-electron chi connectivity index (χ4n) is 3.69. The first kappa shape index (κ1) is 21.2. The van der Waals surface area contributed by atoms with Crippen LogP contribution in [0.2, 0.25) is 0 Å². The molecule has 1 aromatic heterocycles. The van der Waals surface area contributed by atoms with Gasteiger partial charge in [0.05, 0.1) is 18.4 Å². The lowest BCUT2D eigenvalue weighted by Gasteiger charge is -2.36. The second kappa shape index (κ2) is 8.63. The van der Waals surface area contributed by atoms with Gasteiger partial charge in [0.25, 0.3) is 0 Å². The summed E-state index contributed by atoms with van der Waals surface area (Å²) in [5.41, 5.74) is 1.74. The Balaban J connectivity index is 1.39. The van der Waals surface area contributed by atoms with Crippen LogP contribution >= 0.6 is 0 Å². The number of anilines is 1. The lowest BCUT2D eigenvalue weighted by molar-refractivity contribution is -0.137. The number of piperazine rings is 1. The average molecular weight is 431 g/mol. The summed E-state index contributed by atoms with van der Waals surface area (Å²) in [6.45, 7) is 5.32. The van der Waals surface area contributed by atoms with E-state index in [2.05, 4.69) is 9.88 Å². The molecule has 1 aliphatic rings. The minimum atomic E-state index is -4.33. The third kappa shape index (κ3) is 4.85. The molecule has 1 aliphatic heterocycles. The summed E-state index contributed by atoms with van der Waals surface area (Å²) < 4.78 is 50.0. The normalized spacial score (nSPS) is 15.3. The highest BCUT2D eigenvalue weighted by Crippen LogP contribution is 2.32. The Morgan fingerprint density at radius 3 is 2.39 bits per heavy atom. The Morgan fingerprint density at radius 2 is 1.74 bits per heavy atom. The third-order valence-electron chi connectivity index (χ3n) is 5.51. The molecule has 0 N–H and O–H groups in total. The van der Waals surface area contributed by atoms with Gasteiger partial charge in [0.2, 0.25) is 5.89 Å². The van der Waals surface area contributed by atoms with Crippen LogP contribution in [0.1, 0.15) is 17.0 Å². The molecule has 8 heteroatoms. The van der Waals surface area contributed by atoms with Crippen molar-refractivity contribution in [2.24, 2.45) is 0 Å². The molecule has 164 valence electrons. The highest BCUT2D eigenvalue weighted by Gasteiger charge is 2.31. The Labute approximate surface area is 179 Å². The maximum atomic E-state index is 13.0. The largest absolute Gasteiger partial charge is 0.497 e. The number of halogens is 3. The number of oxazole rings is 1. The van der Waals surface area contributed by atoms with Gasteiger partial charge in [-0.2, -0.15) is 13.2 Å². The summed E-state index contributed by atoms with van der Waals surface area (Å²) in [6.07, 6.45) is -4.33. The summed E-state index contributed by atoms with van der Waals surface area (Å²) >= 11 is 0. The van der Waals surface area contributed by atoms with Gasteiger partial charge in [0.15, 0.2) is 0 Å². The van der Waals surface area contributed by atoms with E-state index < -0.39 is 11.7 Å². The van der Waals surface area contributed by atoms with Crippen LogP contribution in [0.25, 0.3) is 11.5 Å². The van der Waals surface area contributed by atoms with E-state index in [-0.39, 0.29) is 0 Å². The number of benzene rings is 2. The van der Waals surface area contributed by atoms with Gasteiger partial charge in [0.1, 0.15) is 11.5 Å². The molecule has 1 saturated heterocycles. The van der Waals surface area contributed by atoms with Crippen LogP contribution in [0.4, 0.5) is 18.9 Å². The first-order valence-corrected chi connectivity index (χ1v) is 10.1. The molecule has 31 heavy (non-hydrogen) atoms. The van der Waals surface area contributed by atoms with Crippen molar-refractivity contribution >= 4 is 5.69 Å². The molecule has 3 aromatic rings. The summed E-state index contributed by atoms with van der Waals surface area (Å²) in [4.78, 5) is 8.89. The van der Waals surface area contributed by atoms with Crippen molar-refractivity contribution in [2.75, 3.05) is 38.2 Å². The SMILES string of the molecule is COc1ccc(-c2nc(CN3CCN(c4cccc(C(F)(F)F)c4)CC3)c(C)o2)cc1. The molecule has 2 heterocycles. The molecule has 4 rings (SSSR count). The van der Waals surface area contributed by atoms with E-state index in [0.29, 0.717) is 31.2 Å². The van der Waals surface area contributed by atoms with Gasteiger partial charge in [-0.25, -0.2) is 4.98 Å². The fraction of sp³-hybridized carbons (Fsp3) is 0.348. The zero-order chi connectivity index (χ0) is 22.0. The van der Waals surface area contributed by atoms with Crippen LogP contribution < -0.4 is 9.64 Å². The molecule has 2 aromatic carbocycles. The van der Waals surface area contributed by atoms with E-state index in [0.717, 1.165) is 41.9 Å². The van der Waals surface area contributed by atoms with Gasteiger partial charge in [-0.3, -0.25) is 4.90 Å². The Hall–Kier alpha value is -3.00. The second-order valence-electron chi connectivity index (χ2n) is 7.56. The van der Waals surface area contributed by atoms with Crippen molar-refractivity contribution in [1.29, 1.82) is 0 Å². The van der Waals surface area contributed by atoms with Gasteiger partial charge in [-0.15, -0.1) is 0 Å². The number of nitrogens with zero attached hydrogens (tertiary/aromatic N) is 3. The number of methoxy groups -OCH3 is 1. The van der Waals surface area contributed by atoms with E-state index in [4.69, 9.17) is 9.15 Å². The quantitative estimate of drug-likeness (QED) is 0.569. The molecule has 0 radical (unpaired) electrons. The molecule has 5 nitrogen and oxygen atoms in total. The topological polar surface area (TPSA) is 41.7 Å². The van der Waals surface area contributed by atoms with Crippen LogP contribution in [0.15, 0.2) is 52.9 Å². The molecular formula is C23H24F3N3O2. The minimum absolute atomic E-state index is 0.567. The maximum absolute atomic E-state index is 13.0. The number of hydrogen-bond donors (Lipinski definition) is 0. The number of aromatic nitrogens is 1. The molecular weight excluding hydrogens is 407 g/mol. The van der Waals surface area contributed by atoms with Gasteiger partial charge < -0.3 is 14.1 Å². The van der Waals surface area contributed by atoms with Crippen LogP contribution in [0.3, 0.4) is 0 Å². The summed E-state index contributed by atoms with van der Waals surface area (Å²) in [7, 11) is 1.62. The van der Waals surface area contributed by atoms with Crippen molar-refractivity contribution in [3.05, 3.63) is 65.5 Å². The smallest absolute Gasteiger partial charge is 0.416 e. The van der Waals surface area contributed by atoms with Gasteiger partial charge >= 0.3 is 6.18 Å². The predicted molar refractivity (Wildman–Crippen MR) is 112 cm³/mol. The third-order valence-corrected chi connectivity index (χ3v) is 5.51. The first-order valence-electron chi connectivity index (χ1n) is 10.1. The first-order chi connectivity index (χ1) is 14.8. The van der Waals surface area contributed by atoms with E-state index in [1.165, 1.54) is 12.1 Å². The number of hydrogen-bond acceptors (Lipinski definition) is 5. The zero-order valence-electron chi connectivity index (χ0n) is 17.4. The average Bonchev–Trinajstić information content (AvgIpc) is 3.14. The standard InChI is InChI=1S/C23H24F3N3O2/c1-16-21(27-22(31-16)17-6-8-20(30-2)9-7-17)15-28-10-12-29(13-11-28)19-5-3-4-18(14-19)23(24,25)26/h3-9,14H,10-13,15H2,1-2H3. The van der Waals surface area contributed by atoms with Gasteiger partial charge in [-0.05, 0) is 49.4 Å². The Bertz CT molecular complexity index is 1020. The van der Waals surface area contributed by atoms with E-state index in [1.54, 1.807) is 13.2 Å².